The topological polar surface area (TPSA) is 62.5 Å². The molecule has 0 saturated carbocycles. The van der Waals surface area contributed by atoms with Crippen LogP contribution in [-0.4, -0.2) is 15.0 Å². The van der Waals surface area contributed by atoms with Gasteiger partial charge in [-0.1, -0.05) is 127 Å². The van der Waals surface area contributed by atoms with E-state index in [4.69, 9.17) is 15.0 Å². The van der Waals surface area contributed by atoms with Gasteiger partial charge in [-0.3, -0.25) is 0 Å². The van der Waals surface area contributed by atoms with Crippen LogP contribution < -0.4 is 0 Å². The summed E-state index contributed by atoms with van der Waals surface area (Å²) in [5.41, 5.74) is 17.9. The van der Waals surface area contributed by atoms with Gasteiger partial charge in [0.05, 0.1) is 11.6 Å². The van der Waals surface area contributed by atoms with Crippen LogP contribution in [0.2, 0.25) is 0 Å². The van der Waals surface area contributed by atoms with Crippen LogP contribution in [-0.2, 0) is 0 Å². The van der Waals surface area contributed by atoms with Gasteiger partial charge in [0.25, 0.3) is 0 Å². The monoisotopic (exact) mass is 694 g/mol. The molecule has 0 aliphatic rings. The van der Waals surface area contributed by atoms with Gasteiger partial charge in [0.2, 0.25) is 0 Å². The van der Waals surface area contributed by atoms with Crippen LogP contribution in [0.25, 0.3) is 78.7 Å². The van der Waals surface area contributed by atoms with Gasteiger partial charge in [-0.05, 0) is 125 Å². The summed E-state index contributed by atoms with van der Waals surface area (Å²) in [5.74, 6) is 1.94. The molecule has 0 aliphatic carbocycles. The Kier molecular flexibility index (Phi) is 9.22. The Balaban J connectivity index is 1.21. The van der Waals surface area contributed by atoms with Crippen molar-refractivity contribution in [3.63, 3.8) is 0 Å². The molecule has 1 aromatic heterocycles. The highest BCUT2D eigenvalue weighted by Gasteiger charge is 2.20. The normalized spacial score (nSPS) is 10.9. The van der Waals surface area contributed by atoms with Crippen LogP contribution in [0.3, 0.4) is 0 Å². The molecule has 4 nitrogen and oxygen atoms in total. The van der Waals surface area contributed by atoms with Gasteiger partial charge in [0.15, 0.2) is 17.5 Å². The van der Waals surface area contributed by atoms with Gasteiger partial charge in [-0.2, -0.15) is 5.26 Å². The van der Waals surface area contributed by atoms with E-state index < -0.39 is 0 Å². The summed E-state index contributed by atoms with van der Waals surface area (Å²) in [6, 6.07) is 56.3. The Morgan fingerprint density at radius 3 is 1.07 bits per heavy atom. The fourth-order valence-electron chi connectivity index (χ4n) is 7.38. The van der Waals surface area contributed by atoms with Crippen molar-refractivity contribution in [2.75, 3.05) is 0 Å². The van der Waals surface area contributed by atoms with E-state index in [9.17, 15) is 5.26 Å². The van der Waals surface area contributed by atoms with Crippen LogP contribution in [0.5, 0.6) is 0 Å². The van der Waals surface area contributed by atoms with E-state index in [2.05, 4.69) is 107 Å². The number of rotatable bonds is 7. The van der Waals surface area contributed by atoms with Gasteiger partial charge >= 0.3 is 0 Å². The largest absolute Gasteiger partial charge is 0.208 e. The molecule has 0 aliphatic heterocycles. The first kappa shape index (κ1) is 34.1. The van der Waals surface area contributed by atoms with Gasteiger partial charge in [0, 0.05) is 16.7 Å². The number of benzene rings is 7. The third-order valence-corrected chi connectivity index (χ3v) is 10.4. The molecule has 0 amide bonds. The fraction of sp³-hybridized carbons (Fsp3) is 0.0800. The standard InChI is InChI=1S/C50H38N4/c1-32-34(3)47(45-29-43(37-14-8-5-9-15-37)28-44(30-45)38-22-20-36(31-51)21-23-38)35(4)33(2)46(32)39-24-26-42(27-25-39)50-53-48(40-16-10-6-11-17-40)52-49(54-50)41-18-12-7-13-19-41/h5-30H,1-4H3. The molecule has 0 spiro atoms. The minimum atomic E-state index is 0.641. The summed E-state index contributed by atoms with van der Waals surface area (Å²) in [6.07, 6.45) is 0. The minimum Gasteiger partial charge on any atom is -0.208 e. The summed E-state index contributed by atoms with van der Waals surface area (Å²) >= 11 is 0. The fourth-order valence-corrected chi connectivity index (χ4v) is 7.38. The highest BCUT2D eigenvalue weighted by Crippen LogP contribution is 2.42. The molecule has 0 atom stereocenters. The molecule has 4 heteroatoms. The maximum absolute atomic E-state index is 9.41. The molecule has 8 aromatic rings. The zero-order chi connectivity index (χ0) is 37.2. The van der Waals surface area contributed by atoms with E-state index in [0.717, 1.165) is 38.9 Å². The summed E-state index contributed by atoms with van der Waals surface area (Å²) in [7, 11) is 0. The maximum Gasteiger partial charge on any atom is 0.164 e. The lowest BCUT2D eigenvalue weighted by molar-refractivity contribution is 1.07. The van der Waals surface area contributed by atoms with Crippen LogP contribution >= 0.6 is 0 Å². The van der Waals surface area contributed by atoms with Crippen LogP contribution in [0, 0.1) is 39.0 Å². The lowest BCUT2D eigenvalue weighted by Gasteiger charge is -2.22. The van der Waals surface area contributed by atoms with Gasteiger partial charge < -0.3 is 0 Å². The van der Waals surface area contributed by atoms with Crippen molar-refractivity contribution in [2.45, 2.75) is 27.7 Å². The summed E-state index contributed by atoms with van der Waals surface area (Å²) in [4.78, 5) is 14.7. The van der Waals surface area contributed by atoms with Crippen molar-refractivity contribution in [1.82, 2.24) is 15.0 Å². The second-order valence-electron chi connectivity index (χ2n) is 13.7. The maximum atomic E-state index is 9.41. The Hall–Kier alpha value is -6.96. The number of nitriles is 1. The zero-order valence-corrected chi connectivity index (χ0v) is 30.8. The van der Waals surface area contributed by atoms with Gasteiger partial charge in [0.1, 0.15) is 0 Å². The van der Waals surface area contributed by atoms with E-state index in [1.807, 2.05) is 84.9 Å². The van der Waals surface area contributed by atoms with E-state index in [1.165, 1.54) is 44.5 Å². The van der Waals surface area contributed by atoms with Crippen molar-refractivity contribution < 1.29 is 0 Å². The first-order valence-electron chi connectivity index (χ1n) is 18.2. The highest BCUT2D eigenvalue weighted by atomic mass is 15.0. The molecular formula is C50H38N4. The first-order valence-corrected chi connectivity index (χ1v) is 18.2. The molecule has 1 heterocycles. The van der Waals surface area contributed by atoms with Crippen LogP contribution in [0.4, 0.5) is 0 Å². The Labute approximate surface area is 317 Å². The number of hydrogen-bond donors (Lipinski definition) is 0. The van der Waals surface area contributed by atoms with E-state index in [0.29, 0.717) is 23.0 Å². The minimum absolute atomic E-state index is 0.641. The highest BCUT2D eigenvalue weighted by molar-refractivity contribution is 5.88. The average molecular weight is 695 g/mol. The smallest absolute Gasteiger partial charge is 0.164 e. The molecule has 258 valence electrons. The number of aromatic nitrogens is 3. The summed E-state index contributed by atoms with van der Waals surface area (Å²) in [6.45, 7) is 8.96. The summed E-state index contributed by atoms with van der Waals surface area (Å²) in [5, 5.41) is 9.41. The molecule has 8 rings (SSSR count). The third kappa shape index (κ3) is 6.60. The first-order chi connectivity index (χ1) is 26.4. The second-order valence-corrected chi connectivity index (χ2v) is 13.7. The van der Waals surface area contributed by atoms with Gasteiger partial charge in [-0.25, -0.2) is 15.0 Å². The van der Waals surface area contributed by atoms with Crippen LogP contribution in [0.15, 0.2) is 158 Å². The van der Waals surface area contributed by atoms with Gasteiger partial charge in [-0.15, -0.1) is 0 Å². The zero-order valence-electron chi connectivity index (χ0n) is 30.8. The predicted octanol–water partition coefficient (Wildman–Crippen LogP) is 12.6. The Bertz CT molecular complexity index is 2570. The molecule has 0 fully saturated rings. The molecule has 0 N–H and O–H groups in total. The molecular weight excluding hydrogens is 657 g/mol. The summed E-state index contributed by atoms with van der Waals surface area (Å²) < 4.78 is 0. The van der Waals surface area contributed by atoms with E-state index in [1.54, 1.807) is 0 Å². The van der Waals surface area contributed by atoms with E-state index in [-0.39, 0.29) is 0 Å². The van der Waals surface area contributed by atoms with E-state index >= 15 is 0 Å². The third-order valence-electron chi connectivity index (χ3n) is 10.4. The molecule has 0 unspecified atom stereocenters. The van der Waals surface area contributed by atoms with Crippen LogP contribution in [0.1, 0.15) is 27.8 Å². The molecule has 54 heavy (non-hydrogen) atoms. The lowest BCUT2D eigenvalue weighted by atomic mass is 9.82. The Morgan fingerprint density at radius 2 is 0.648 bits per heavy atom. The number of nitrogens with zero attached hydrogens (tertiary/aromatic N) is 4. The average Bonchev–Trinajstić information content (AvgIpc) is 3.24. The predicted molar refractivity (Wildman–Crippen MR) is 222 cm³/mol. The quantitative estimate of drug-likeness (QED) is 0.167. The van der Waals surface area contributed by atoms with Crippen molar-refractivity contribution in [1.29, 1.82) is 5.26 Å². The molecule has 0 radical (unpaired) electrons. The SMILES string of the molecule is Cc1c(C)c(-c2cc(-c3ccccc3)cc(-c3ccc(C#N)cc3)c2)c(C)c(C)c1-c1ccc(-c2nc(-c3ccccc3)nc(-c3ccccc3)n2)cc1. The molecule has 0 bridgehead atoms. The second kappa shape index (κ2) is 14.6. The molecule has 7 aromatic carbocycles. The van der Waals surface area contributed by atoms with Crippen molar-refractivity contribution in [2.24, 2.45) is 0 Å². The van der Waals surface area contributed by atoms with Crippen molar-refractivity contribution >= 4 is 0 Å². The number of hydrogen-bond acceptors (Lipinski definition) is 4. The van der Waals surface area contributed by atoms with Crippen molar-refractivity contribution in [3.8, 4) is 84.7 Å². The lowest BCUT2D eigenvalue weighted by Crippen LogP contribution is -2.01. The van der Waals surface area contributed by atoms with Crippen molar-refractivity contribution in [3.05, 3.63) is 186 Å². The Morgan fingerprint density at radius 1 is 0.333 bits per heavy atom. The molecule has 0 saturated heterocycles.